The van der Waals surface area contributed by atoms with Crippen molar-refractivity contribution in [1.29, 1.82) is 0 Å². The van der Waals surface area contributed by atoms with Crippen LogP contribution in [0.2, 0.25) is 0 Å². The normalized spacial score (nSPS) is 10.6. The zero-order valence-electron chi connectivity index (χ0n) is 18.5. The first kappa shape index (κ1) is 21.8. The summed E-state index contributed by atoms with van der Waals surface area (Å²) in [5.41, 5.74) is 4.74. The number of carboxylic acids is 1. The van der Waals surface area contributed by atoms with Crippen molar-refractivity contribution in [3.05, 3.63) is 119 Å². The molecule has 7 heteroatoms. The summed E-state index contributed by atoms with van der Waals surface area (Å²) < 4.78 is 0. The monoisotopic (exact) mass is 460 g/mol. The Hall–Kier alpha value is -5.04. The van der Waals surface area contributed by atoms with Gasteiger partial charge in [-0.05, 0) is 36.4 Å². The maximum absolute atomic E-state index is 11.8. The van der Waals surface area contributed by atoms with E-state index in [1.807, 2.05) is 66.7 Å². The summed E-state index contributed by atoms with van der Waals surface area (Å²) in [4.78, 5) is 37.7. The van der Waals surface area contributed by atoms with Crippen molar-refractivity contribution < 1.29 is 9.90 Å². The molecule has 0 atom stereocenters. The molecule has 4 aromatic heterocycles. The number of nitrogens with zero attached hydrogens (tertiary/aromatic N) is 2. The molecule has 170 valence electrons. The van der Waals surface area contributed by atoms with Crippen molar-refractivity contribution >= 4 is 27.8 Å². The van der Waals surface area contributed by atoms with Gasteiger partial charge in [-0.1, -0.05) is 42.5 Å². The minimum Gasteiger partial charge on any atom is -0.478 e. The van der Waals surface area contributed by atoms with Crippen molar-refractivity contribution in [2.24, 2.45) is 0 Å². The molecule has 35 heavy (non-hydrogen) atoms. The molecule has 0 amide bonds. The highest BCUT2D eigenvalue weighted by Gasteiger charge is 2.11. The number of carboxylic acid groups (broad SMARTS) is 1. The van der Waals surface area contributed by atoms with Crippen LogP contribution in [0, 0.1) is 0 Å². The van der Waals surface area contributed by atoms with Gasteiger partial charge in [0.1, 0.15) is 0 Å². The summed E-state index contributed by atoms with van der Waals surface area (Å²) in [6.45, 7) is 0. The number of nitrogens with one attached hydrogen (secondary N) is 2. The number of aromatic nitrogens is 4. The Morgan fingerprint density at radius 3 is 1.89 bits per heavy atom. The number of pyridine rings is 3. The highest BCUT2D eigenvalue weighted by atomic mass is 16.4. The van der Waals surface area contributed by atoms with Crippen LogP contribution in [0.1, 0.15) is 10.4 Å². The third-order valence-corrected chi connectivity index (χ3v) is 5.50. The summed E-state index contributed by atoms with van der Waals surface area (Å²) in [5.74, 6) is -0.905. The Morgan fingerprint density at radius 1 is 0.686 bits per heavy atom. The van der Waals surface area contributed by atoms with Gasteiger partial charge in [0, 0.05) is 40.8 Å². The van der Waals surface area contributed by atoms with Crippen molar-refractivity contribution in [3.8, 4) is 22.8 Å². The summed E-state index contributed by atoms with van der Waals surface area (Å²) in [6, 6.07) is 27.3. The molecule has 0 aliphatic rings. The number of fused-ring (bicyclic) bond motifs is 3. The van der Waals surface area contributed by atoms with Crippen LogP contribution in [0.5, 0.6) is 0 Å². The first-order chi connectivity index (χ1) is 17.1. The fraction of sp³-hybridized carbons (Fsp3) is 0. The topological polar surface area (TPSA) is 112 Å². The fourth-order valence-corrected chi connectivity index (χ4v) is 3.91. The standard InChI is InChI=1S/C15H11N3O.C13H9NO2/c19-11-9-14(12-5-1-3-7-16-12)18-15(10-11)13-6-2-4-8-17-13;15-13(16)10-6-3-5-9-8-4-1-2-7-11(8)14-12(9)10/h1-10H,(H,18,19);1-7,14H,(H,15,16). The largest absolute Gasteiger partial charge is 0.478 e. The number of benzene rings is 2. The minimum atomic E-state index is -0.905. The number of rotatable bonds is 3. The highest BCUT2D eigenvalue weighted by Crippen LogP contribution is 2.27. The molecule has 0 fully saturated rings. The molecule has 6 rings (SSSR count). The van der Waals surface area contributed by atoms with Gasteiger partial charge in [-0.2, -0.15) is 0 Å². The second-order valence-corrected chi connectivity index (χ2v) is 7.78. The van der Waals surface area contributed by atoms with Crippen LogP contribution in [0.15, 0.2) is 108 Å². The molecule has 0 radical (unpaired) electrons. The molecule has 2 aromatic carbocycles. The maximum Gasteiger partial charge on any atom is 0.337 e. The Balaban J connectivity index is 0.000000147. The van der Waals surface area contributed by atoms with E-state index in [1.165, 1.54) is 12.1 Å². The lowest BCUT2D eigenvalue weighted by atomic mass is 10.1. The number of hydrogen-bond donors (Lipinski definition) is 3. The molecular weight excluding hydrogens is 440 g/mol. The van der Waals surface area contributed by atoms with E-state index in [-0.39, 0.29) is 5.43 Å². The number of aromatic carboxylic acids is 1. The molecule has 0 aliphatic carbocycles. The average Bonchev–Trinajstić information content (AvgIpc) is 3.28. The van der Waals surface area contributed by atoms with E-state index in [4.69, 9.17) is 5.11 Å². The summed E-state index contributed by atoms with van der Waals surface area (Å²) in [5, 5.41) is 11.1. The van der Waals surface area contributed by atoms with E-state index >= 15 is 0 Å². The SMILES string of the molecule is O=C(O)c1cccc2c1[nH]c1ccccc12.O=c1cc(-c2ccccn2)[nH]c(-c2ccccn2)c1. The Bertz CT molecular complexity index is 1630. The lowest BCUT2D eigenvalue weighted by Gasteiger charge is -2.05. The molecule has 0 spiro atoms. The number of hydrogen-bond acceptors (Lipinski definition) is 4. The van der Waals surface area contributed by atoms with Crippen molar-refractivity contribution in [2.75, 3.05) is 0 Å². The van der Waals surface area contributed by atoms with E-state index in [2.05, 4.69) is 19.9 Å². The van der Waals surface area contributed by atoms with Gasteiger partial charge in [-0.25, -0.2) is 4.79 Å². The number of H-pyrrole nitrogens is 2. The predicted molar refractivity (Wildman–Crippen MR) is 136 cm³/mol. The number of carbonyl (C=O) groups is 1. The first-order valence-corrected chi connectivity index (χ1v) is 10.9. The smallest absolute Gasteiger partial charge is 0.337 e. The van der Waals surface area contributed by atoms with Crippen LogP contribution < -0.4 is 5.43 Å². The molecule has 0 saturated carbocycles. The molecule has 0 saturated heterocycles. The lowest BCUT2D eigenvalue weighted by Crippen LogP contribution is -2.03. The maximum atomic E-state index is 11.8. The Morgan fingerprint density at radius 2 is 1.29 bits per heavy atom. The van der Waals surface area contributed by atoms with Crippen LogP contribution in [0.25, 0.3) is 44.6 Å². The van der Waals surface area contributed by atoms with Crippen LogP contribution in [0.4, 0.5) is 0 Å². The van der Waals surface area contributed by atoms with E-state index in [0.717, 1.165) is 27.7 Å². The van der Waals surface area contributed by atoms with Gasteiger partial charge in [-0.15, -0.1) is 0 Å². The second kappa shape index (κ2) is 9.44. The highest BCUT2D eigenvalue weighted by molar-refractivity contribution is 6.13. The molecule has 0 aliphatic heterocycles. The minimum absolute atomic E-state index is 0.0694. The zero-order chi connectivity index (χ0) is 24.2. The zero-order valence-corrected chi connectivity index (χ0v) is 18.5. The fourth-order valence-electron chi connectivity index (χ4n) is 3.91. The Kier molecular flexibility index (Phi) is 5.88. The van der Waals surface area contributed by atoms with Gasteiger partial charge < -0.3 is 15.1 Å². The van der Waals surface area contributed by atoms with Crippen LogP contribution >= 0.6 is 0 Å². The van der Waals surface area contributed by atoms with E-state index < -0.39 is 5.97 Å². The van der Waals surface area contributed by atoms with Gasteiger partial charge in [0.2, 0.25) is 0 Å². The van der Waals surface area contributed by atoms with E-state index in [9.17, 15) is 9.59 Å². The molecule has 6 aromatic rings. The van der Waals surface area contributed by atoms with Crippen LogP contribution in [-0.4, -0.2) is 31.0 Å². The average molecular weight is 460 g/mol. The summed E-state index contributed by atoms with van der Waals surface area (Å²) in [6.07, 6.45) is 3.39. The van der Waals surface area contributed by atoms with Gasteiger partial charge in [0.05, 0.1) is 33.9 Å². The number of aromatic amines is 2. The van der Waals surface area contributed by atoms with Gasteiger partial charge in [-0.3, -0.25) is 14.8 Å². The summed E-state index contributed by atoms with van der Waals surface area (Å²) in [7, 11) is 0. The molecular formula is C28H20N4O3. The van der Waals surface area contributed by atoms with Gasteiger partial charge in [0.25, 0.3) is 0 Å². The van der Waals surface area contributed by atoms with Crippen molar-refractivity contribution in [3.63, 3.8) is 0 Å². The quantitative estimate of drug-likeness (QED) is 0.322. The lowest BCUT2D eigenvalue weighted by molar-refractivity contribution is 0.0699. The molecule has 3 N–H and O–H groups in total. The van der Waals surface area contributed by atoms with Crippen LogP contribution in [-0.2, 0) is 0 Å². The van der Waals surface area contributed by atoms with Crippen LogP contribution in [0.3, 0.4) is 0 Å². The third-order valence-electron chi connectivity index (χ3n) is 5.50. The second-order valence-electron chi connectivity index (χ2n) is 7.78. The van der Waals surface area contributed by atoms with Gasteiger partial charge in [0.15, 0.2) is 5.43 Å². The molecule has 0 bridgehead atoms. The van der Waals surface area contributed by atoms with E-state index in [1.54, 1.807) is 24.5 Å². The number of para-hydroxylation sites is 2. The molecule has 4 heterocycles. The Labute approximate surface area is 199 Å². The van der Waals surface area contributed by atoms with E-state index in [0.29, 0.717) is 22.5 Å². The first-order valence-electron chi connectivity index (χ1n) is 10.9. The summed E-state index contributed by atoms with van der Waals surface area (Å²) >= 11 is 0. The van der Waals surface area contributed by atoms with Gasteiger partial charge >= 0.3 is 5.97 Å². The molecule has 7 nitrogen and oxygen atoms in total. The van der Waals surface area contributed by atoms with Crippen molar-refractivity contribution in [2.45, 2.75) is 0 Å². The van der Waals surface area contributed by atoms with Crippen molar-refractivity contribution in [1.82, 2.24) is 19.9 Å². The molecule has 0 unspecified atom stereocenters. The predicted octanol–water partition coefficient (Wildman–Crippen LogP) is 5.52. The third kappa shape index (κ3) is 4.56.